The first-order valence-corrected chi connectivity index (χ1v) is 21.9. The molecule has 9 rings (SSSR count). The van der Waals surface area contributed by atoms with Crippen LogP contribution >= 0.6 is 0 Å². The Morgan fingerprint density at radius 1 is 0.375 bits per heavy atom. The van der Waals surface area contributed by atoms with Gasteiger partial charge in [0.1, 0.15) is 0 Å². The van der Waals surface area contributed by atoms with Crippen molar-refractivity contribution >= 4 is 0 Å². The maximum atomic E-state index is 2.96. The van der Waals surface area contributed by atoms with Crippen LogP contribution < -0.4 is 0 Å². The molecule has 2 aromatic carbocycles. The number of aryl methyl sites for hydroxylation is 4. The van der Waals surface area contributed by atoms with Gasteiger partial charge in [-0.05, 0) is 218 Å². The quantitative estimate of drug-likeness (QED) is 0.268. The highest BCUT2D eigenvalue weighted by molar-refractivity contribution is 5.47. The lowest BCUT2D eigenvalue weighted by molar-refractivity contribution is 0.0667. The third kappa shape index (κ3) is 5.25. The van der Waals surface area contributed by atoms with E-state index < -0.39 is 0 Å². The van der Waals surface area contributed by atoms with Crippen LogP contribution in [0.3, 0.4) is 0 Å². The first-order valence-electron chi connectivity index (χ1n) is 21.9. The van der Waals surface area contributed by atoms with E-state index in [1.54, 1.807) is 0 Å². The highest BCUT2D eigenvalue weighted by Gasteiger charge is 2.49. The van der Waals surface area contributed by atoms with Crippen molar-refractivity contribution in [2.45, 2.75) is 180 Å². The van der Waals surface area contributed by atoms with Gasteiger partial charge in [0, 0.05) is 0 Å². The second-order valence-electron chi connectivity index (χ2n) is 18.9. The smallest absolute Gasteiger partial charge is 0.0128 e. The van der Waals surface area contributed by atoms with E-state index in [2.05, 4.69) is 52.0 Å². The largest absolute Gasteiger partial charge is 0.0654 e. The number of hydrogen-bond donors (Lipinski definition) is 0. The molecule has 2 aromatic rings. The molecule has 0 spiro atoms. The molecule has 0 unspecified atom stereocenters. The van der Waals surface area contributed by atoms with Crippen molar-refractivity contribution in [1.82, 2.24) is 0 Å². The molecule has 0 nitrogen and oxygen atoms in total. The Morgan fingerprint density at radius 2 is 0.646 bits per heavy atom. The molecule has 2 saturated carbocycles. The van der Waals surface area contributed by atoms with Gasteiger partial charge in [0.25, 0.3) is 0 Å². The maximum Gasteiger partial charge on any atom is -0.0128 e. The van der Waals surface area contributed by atoms with Crippen LogP contribution in [-0.2, 0) is 25.7 Å². The van der Waals surface area contributed by atoms with E-state index >= 15 is 0 Å². The van der Waals surface area contributed by atoms with Crippen LogP contribution in [0.2, 0.25) is 0 Å². The molecular formula is C48H68. The van der Waals surface area contributed by atoms with Gasteiger partial charge in [-0.25, -0.2) is 0 Å². The monoisotopic (exact) mass is 645 g/mol. The summed E-state index contributed by atoms with van der Waals surface area (Å²) in [6.07, 6.45) is 28.4. The molecule has 0 aliphatic heterocycles. The number of benzene rings is 2. The summed E-state index contributed by atoms with van der Waals surface area (Å²) in [6.45, 7) is 10.00. The van der Waals surface area contributed by atoms with Gasteiger partial charge >= 0.3 is 0 Å². The van der Waals surface area contributed by atoms with Gasteiger partial charge < -0.3 is 0 Å². The van der Waals surface area contributed by atoms with Crippen LogP contribution in [0, 0.1) is 47.3 Å². The van der Waals surface area contributed by atoms with E-state index in [0.717, 1.165) is 71.0 Å². The number of rotatable bonds is 8. The summed E-state index contributed by atoms with van der Waals surface area (Å²) in [4.78, 5) is 0. The average molecular weight is 645 g/mol. The Bertz CT molecular complexity index is 1270. The lowest BCUT2D eigenvalue weighted by atomic mass is 9.57. The van der Waals surface area contributed by atoms with Crippen LogP contribution in [-0.4, -0.2) is 0 Å². The van der Waals surface area contributed by atoms with Gasteiger partial charge in [-0.15, -0.1) is 0 Å². The summed E-state index contributed by atoms with van der Waals surface area (Å²) in [5.41, 5.74) is 14.7. The predicted molar refractivity (Wildman–Crippen MR) is 203 cm³/mol. The van der Waals surface area contributed by atoms with E-state index in [1.807, 2.05) is 44.5 Å². The van der Waals surface area contributed by atoms with Crippen molar-refractivity contribution < 1.29 is 0 Å². The van der Waals surface area contributed by atoms with Gasteiger partial charge in [0.2, 0.25) is 0 Å². The SMILES string of the molecule is CCC[C@@H]1c2cc3c4cc2CC[C@@H]2C[C@@H]5CCc6cc7c(cc6[C@H](CCC)[C@@H]5C[C@@H]21)[C@@H](CCC)[C@H]1C[C@H]([C@@H](CC4)C[C@H]1CC7)[C@H]3CCC. The molecule has 260 valence electrons. The summed E-state index contributed by atoms with van der Waals surface area (Å²) in [5.74, 6) is 10.5. The van der Waals surface area contributed by atoms with Crippen molar-refractivity contribution in [1.29, 1.82) is 0 Å². The summed E-state index contributed by atoms with van der Waals surface area (Å²) in [6, 6.07) is 11.7. The molecule has 0 heterocycles. The Labute approximate surface area is 295 Å². The van der Waals surface area contributed by atoms with Gasteiger partial charge in [0.15, 0.2) is 0 Å². The van der Waals surface area contributed by atoms with E-state index in [9.17, 15) is 0 Å². The van der Waals surface area contributed by atoms with Crippen molar-refractivity contribution in [2.75, 3.05) is 0 Å². The summed E-state index contributed by atoms with van der Waals surface area (Å²) in [5, 5.41) is 0. The van der Waals surface area contributed by atoms with Crippen LogP contribution in [0.1, 0.15) is 199 Å². The molecule has 0 saturated heterocycles. The fraction of sp³-hybridized carbons (Fsp3) is 0.750. The Kier molecular flexibility index (Phi) is 8.90. The molecule has 0 amide bonds. The second-order valence-corrected chi connectivity index (χ2v) is 18.9. The van der Waals surface area contributed by atoms with Crippen molar-refractivity contribution in [2.24, 2.45) is 47.3 Å². The fourth-order valence-corrected chi connectivity index (χ4v) is 14.9. The molecule has 12 atom stereocenters. The van der Waals surface area contributed by atoms with E-state index in [0.29, 0.717) is 0 Å². The molecule has 0 aromatic heterocycles. The molecule has 0 radical (unpaired) electrons. The summed E-state index contributed by atoms with van der Waals surface area (Å²) < 4.78 is 0. The van der Waals surface area contributed by atoms with Crippen LogP contribution in [0.4, 0.5) is 0 Å². The number of hydrogen-bond acceptors (Lipinski definition) is 0. The standard InChI is InChI=1S/C48H68/c1-5-9-37-41-25-43-31-15-17-33-23-35-19-20-36-24-34-18-16-32-22-30(14-13-29(41)21-31)42(37)26-44(32)39(11-7-3)46(34)28-48(36)40(12-8-4)47(35)27-45(33)38(43)10-6-2/h21,24-25,28,30,32-33,35,37-40,42,44-45,47H,5-20,22-23,26-27H2,1-4H3/t30-,32+,33+,35-,37-,38+,39-,40+,42+,44-,45-,47+. The molecule has 8 bridgehead atoms. The first kappa shape index (κ1) is 32.4. The van der Waals surface area contributed by atoms with Gasteiger partial charge in [-0.1, -0.05) is 77.6 Å². The molecule has 0 N–H and O–H groups in total. The predicted octanol–water partition coefficient (Wildman–Crippen LogP) is 13.2. The fourth-order valence-electron chi connectivity index (χ4n) is 14.9. The van der Waals surface area contributed by atoms with Crippen LogP contribution in [0.5, 0.6) is 0 Å². The molecule has 48 heavy (non-hydrogen) atoms. The van der Waals surface area contributed by atoms with E-state index in [1.165, 1.54) is 128 Å². The van der Waals surface area contributed by atoms with E-state index in [4.69, 9.17) is 0 Å². The summed E-state index contributed by atoms with van der Waals surface area (Å²) in [7, 11) is 0. The first-order chi connectivity index (χ1) is 23.6. The average Bonchev–Trinajstić information content (AvgIpc) is 3.47. The third-order valence-electron chi connectivity index (χ3n) is 16.7. The molecule has 2 fully saturated rings. The van der Waals surface area contributed by atoms with Crippen LogP contribution in [0.25, 0.3) is 0 Å². The zero-order valence-electron chi connectivity index (χ0n) is 31.4. The second kappa shape index (κ2) is 13.2. The minimum Gasteiger partial charge on any atom is -0.0654 e. The van der Waals surface area contributed by atoms with Crippen LogP contribution in [0.15, 0.2) is 24.3 Å². The minimum atomic E-state index is 0.792. The molecule has 0 heteroatoms. The van der Waals surface area contributed by atoms with Crippen molar-refractivity contribution in [3.05, 3.63) is 68.8 Å². The molecule has 7 aliphatic rings. The minimum absolute atomic E-state index is 0.792. The Balaban J connectivity index is 1.28. The molecular weight excluding hydrogens is 577 g/mol. The lowest BCUT2D eigenvalue weighted by Gasteiger charge is -2.47. The third-order valence-corrected chi connectivity index (χ3v) is 16.7. The van der Waals surface area contributed by atoms with Gasteiger partial charge in [-0.2, -0.15) is 0 Å². The van der Waals surface area contributed by atoms with E-state index in [-0.39, 0.29) is 0 Å². The summed E-state index contributed by atoms with van der Waals surface area (Å²) >= 11 is 0. The topological polar surface area (TPSA) is 0 Å². The normalized spacial score (nSPS) is 38.9. The highest BCUT2D eigenvalue weighted by atomic mass is 14.5. The van der Waals surface area contributed by atoms with Gasteiger partial charge in [-0.3, -0.25) is 0 Å². The Hall–Kier alpha value is -1.56. The molecule has 7 aliphatic carbocycles. The highest BCUT2D eigenvalue weighted by Crippen LogP contribution is 2.60. The lowest BCUT2D eigenvalue weighted by Crippen LogP contribution is -2.37. The van der Waals surface area contributed by atoms with Gasteiger partial charge in [0.05, 0.1) is 0 Å². The zero-order chi connectivity index (χ0) is 32.5. The van der Waals surface area contributed by atoms with Crippen molar-refractivity contribution in [3.8, 4) is 0 Å². The zero-order valence-corrected chi connectivity index (χ0v) is 31.4. The van der Waals surface area contributed by atoms with Crippen molar-refractivity contribution in [3.63, 3.8) is 0 Å². The Morgan fingerprint density at radius 3 is 0.896 bits per heavy atom. The maximum absolute atomic E-state index is 2.96.